The Morgan fingerprint density at radius 1 is 0.941 bits per heavy atom. The van der Waals surface area contributed by atoms with Crippen molar-refractivity contribution in [1.82, 2.24) is 10.2 Å². The monoisotopic (exact) mass is 531 g/mol. The molecule has 0 saturated heterocycles. The van der Waals surface area contributed by atoms with Crippen LogP contribution in [0, 0.1) is 5.92 Å². The van der Waals surface area contributed by atoms with E-state index >= 15 is 0 Å². The lowest BCUT2D eigenvalue weighted by molar-refractivity contribution is -0.697. The molecule has 2 aromatic rings. The van der Waals surface area contributed by atoms with Gasteiger partial charge >= 0.3 is 0 Å². The quantitative estimate of drug-likeness (QED) is 0.316. The number of carbonyl (C=O) groups is 2. The molecule has 5 nitrogen and oxygen atoms in total. The van der Waals surface area contributed by atoms with E-state index in [1.54, 1.807) is 19.0 Å². The molecule has 0 aliphatic heterocycles. The molecule has 0 bridgehead atoms. The van der Waals surface area contributed by atoms with Crippen LogP contribution in [-0.4, -0.2) is 37.4 Å². The summed E-state index contributed by atoms with van der Waals surface area (Å²) in [5, 5.41) is 3.09. The van der Waals surface area contributed by atoms with Crippen LogP contribution in [-0.2, 0) is 17.8 Å². The van der Waals surface area contributed by atoms with Crippen molar-refractivity contribution in [2.24, 2.45) is 5.92 Å². The van der Waals surface area contributed by atoms with Gasteiger partial charge in [0.1, 0.15) is 12.1 Å². The summed E-state index contributed by atoms with van der Waals surface area (Å²) in [6.07, 6.45) is 10.5. The van der Waals surface area contributed by atoms with Gasteiger partial charge in [0.05, 0.1) is 5.92 Å². The maximum Gasteiger partial charge on any atom is 0.259 e. The van der Waals surface area contributed by atoms with E-state index in [9.17, 15) is 9.59 Å². The first-order valence-electron chi connectivity index (χ1n) is 12.3. The van der Waals surface area contributed by atoms with E-state index in [2.05, 4.69) is 48.0 Å². The van der Waals surface area contributed by atoms with E-state index in [0.29, 0.717) is 5.92 Å². The van der Waals surface area contributed by atoms with Gasteiger partial charge in [0.2, 0.25) is 5.91 Å². The number of aromatic nitrogens is 1. The van der Waals surface area contributed by atoms with Gasteiger partial charge in [-0.1, -0.05) is 51.0 Å². The van der Waals surface area contributed by atoms with Crippen LogP contribution in [0.2, 0.25) is 0 Å². The van der Waals surface area contributed by atoms with Crippen molar-refractivity contribution in [2.75, 3.05) is 20.6 Å². The van der Waals surface area contributed by atoms with Crippen LogP contribution in [0.5, 0.6) is 0 Å². The number of hydrogen-bond donors (Lipinski definition) is 1. The Kier molecular flexibility index (Phi) is 13.7. The Bertz CT molecular complexity index is 881. The van der Waals surface area contributed by atoms with Gasteiger partial charge in [0.25, 0.3) is 5.91 Å². The molecule has 2 amide bonds. The minimum Gasteiger partial charge on any atom is -1.00 e. The van der Waals surface area contributed by atoms with E-state index in [4.69, 9.17) is 0 Å². The van der Waals surface area contributed by atoms with Crippen molar-refractivity contribution >= 4 is 11.8 Å². The summed E-state index contributed by atoms with van der Waals surface area (Å²) in [7, 11) is 3.54. The zero-order chi connectivity index (χ0) is 24.2. The summed E-state index contributed by atoms with van der Waals surface area (Å²) in [6.45, 7) is 8.07. The third kappa shape index (κ3) is 10.4. The molecule has 1 atom stereocenters. The normalized spacial score (nSPS) is 11.6. The fourth-order valence-corrected chi connectivity index (χ4v) is 3.93. The topological polar surface area (TPSA) is 53.3 Å². The zero-order valence-electron chi connectivity index (χ0n) is 21.5. The lowest BCUT2D eigenvalue weighted by atomic mass is 9.96. The number of carbonyl (C=O) groups excluding carboxylic acids is 2. The Morgan fingerprint density at radius 2 is 1.59 bits per heavy atom. The predicted octanol–water partition coefficient (Wildman–Crippen LogP) is 1.75. The zero-order valence-corrected chi connectivity index (χ0v) is 23.1. The SMILES string of the molecule is CC(C)Cc1ccc(C(C)C(=O)NCCCCCCC[n+]2cccc(C(=O)N(C)C)c2)cc1.[Br-]. The Morgan fingerprint density at radius 3 is 2.24 bits per heavy atom. The van der Waals surface area contributed by atoms with E-state index in [1.165, 1.54) is 5.56 Å². The number of rotatable bonds is 13. The molecule has 6 heteroatoms. The smallest absolute Gasteiger partial charge is 0.259 e. The molecule has 34 heavy (non-hydrogen) atoms. The maximum absolute atomic E-state index is 12.5. The van der Waals surface area contributed by atoms with Gasteiger partial charge in [-0.25, -0.2) is 4.57 Å². The first-order chi connectivity index (χ1) is 15.8. The van der Waals surface area contributed by atoms with Crippen molar-refractivity contribution in [3.63, 3.8) is 0 Å². The summed E-state index contributed by atoms with van der Waals surface area (Å²) in [5.74, 6) is 0.657. The fraction of sp³-hybridized carbons (Fsp3) is 0.536. The highest BCUT2D eigenvalue weighted by molar-refractivity contribution is 5.93. The van der Waals surface area contributed by atoms with Crippen LogP contribution < -0.4 is 26.9 Å². The number of nitrogens with zero attached hydrogens (tertiary/aromatic N) is 2. The molecule has 0 aliphatic rings. The van der Waals surface area contributed by atoms with Gasteiger partial charge < -0.3 is 27.2 Å². The molecule has 0 aliphatic carbocycles. The van der Waals surface area contributed by atoms with Crippen molar-refractivity contribution in [1.29, 1.82) is 0 Å². The van der Waals surface area contributed by atoms with Gasteiger partial charge in [-0.2, -0.15) is 0 Å². The number of hydrogen-bond acceptors (Lipinski definition) is 2. The summed E-state index contributed by atoms with van der Waals surface area (Å²) < 4.78 is 2.09. The van der Waals surface area contributed by atoms with Gasteiger partial charge in [0, 0.05) is 33.1 Å². The minimum absolute atomic E-state index is 0. The largest absolute Gasteiger partial charge is 1.00 e. The number of nitrogens with one attached hydrogen (secondary N) is 1. The highest BCUT2D eigenvalue weighted by Crippen LogP contribution is 2.18. The van der Waals surface area contributed by atoms with Crippen molar-refractivity contribution in [3.8, 4) is 0 Å². The summed E-state index contributed by atoms with van der Waals surface area (Å²) in [4.78, 5) is 26.1. The highest BCUT2D eigenvalue weighted by Gasteiger charge is 2.15. The predicted molar refractivity (Wildman–Crippen MR) is 134 cm³/mol. The van der Waals surface area contributed by atoms with Crippen LogP contribution in [0.15, 0.2) is 48.8 Å². The number of aryl methyl sites for hydroxylation is 1. The first kappa shape index (κ1) is 29.8. The standard InChI is InChI=1S/C28H41N3O2.BrH/c1-22(2)20-24-13-15-25(16-14-24)23(3)27(32)29-17-9-7-6-8-10-18-31-19-11-12-26(21-31)28(33)30(4)5;/h11-16,19,21-23H,6-10,17-18,20H2,1-5H3;1H. The molecular formula is C28H42BrN3O2. The maximum atomic E-state index is 12.5. The molecule has 1 heterocycles. The first-order valence-corrected chi connectivity index (χ1v) is 12.3. The van der Waals surface area contributed by atoms with Crippen molar-refractivity contribution < 1.29 is 31.1 Å². The third-order valence-electron chi connectivity index (χ3n) is 5.92. The van der Waals surface area contributed by atoms with Crippen LogP contribution in [0.1, 0.15) is 80.3 Å². The number of pyridine rings is 1. The summed E-state index contributed by atoms with van der Waals surface area (Å²) >= 11 is 0. The molecular weight excluding hydrogens is 490 g/mol. The third-order valence-corrected chi connectivity index (χ3v) is 5.92. The molecule has 1 aromatic carbocycles. The van der Waals surface area contributed by atoms with E-state index < -0.39 is 0 Å². The molecule has 1 N–H and O–H groups in total. The number of unbranched alkanes of at least 4 members (excludes halogenated alkanes) is 4. The second-order valence-electron chi connectivity index (χ2n) is 9.65. The average molecular weight is 533 g/mol. The molecule has 0 saturated carbocycles. The molecule has 188 valence electrons. The number of halogens is 1. The minimum atomic E-state index is -0.120. The molecule has 1 unspecified atom stereocenters. The van der Waals surface area contributed by atoms with E-state index in [1.807, 2.05) is 31.5 Å². The second kappa shape index (κ2) is 15.6. The van der Waals surface area contributed by atoms with Gasteiger partial charge in [-0.05, 0) is 49.3 Å². The second-order valence-corrected chi connectivity index (χ2v) is 9.65. The molecule has 0 fully saturated rings. The number of amides is 2. The summed E-state index contributed by atoms with van der Waals surface area (Å²) in [5.41, 5.74) is 3.13. The number of benzene rings is 1. The Labute approximate surface area is 216 Å². The fourth-order valence-electron chi connectivity index (χ4n) is 3.93. The van der Waals surface area contributed by atoms with Gasteiger partial charge in [-0.15, -0.1) is 0 Å². The Balaban J connectivity index is 0.00000578. The van der Waals surface area contributed by atoms with Crippen molar-refractivity contribution in [3.05, 3.63) is 65.5 Å². The molecule has 0 spiro atoms. The highest BCUT2D eigenvalue weighted by atomic mass is 79.9. The molecule has 1 aromatic heterocycles. The van der Waals surface area contributed by atoms with Gasteiger partial charge in [-0.3, -0.25) is 9.59 Å². The lowest BCUT2D eigenvalue weighted by Gasteiger charge is -2.13. The molecule has 0 radical (unpaired) electrons. The van der Waals surface area contributed by atoms with E-state index in [0.717, 1.165) is 62.7 Å². The lowest BCUT2D eigenvalue weighted by Crippen LogP contribution is -3.00. The van der Waals surface area contributed by atoms with E-state index in [-0.39, 0.29) is 34.7 Å². The van der Waals surface area contributed by atoms with Crippen LogP contribution >= 0.6 is 0 Å². The van der Waals surface area contributed by atoms with Crippen molar-refractivity contribution in [2.45, 2.75) is 71.8 Å². The summed E-state index contributed by atoms with van der Waals surface area (Å²) in [6, 6.07) is 12.3. The van der Waals surface area contributed by atoms with Gasteiger partial charge in [0.15, 0.2) is 12.4 Å². The van der Waals surface area contributed by atoms with Crippen LogP contribution in [0.25, 0.3) is 0 Å². The molecule has 2 rings (SSSR count). The van der Waals surface area contributed by atoms with Crippen LogP contribution in [0.4, 0.5) is 0 Å². The Hall–Kier alpha value is -2.21. The van der Waals surface area contributed by atoms with Crippen LogP contribution in [0.3, 0.4) is 0 Å². The average Bonchev–Trinajstić information content (AvgIpc) is 2.79.